The molecular weight excluding hydrogens is 276 g/mol. The molecule has 3 nitrogen and oxygen atoms in total. The summed E-state index contributed by atoms with van der Waals surface area (Å²) >= 11 is 0. The molecule has 122 valence electrons. The summed E-state index contributed by atoms with van der Waals surface area (Å²) in [6.45, 7) is 16.0. The lowest BCUT2D eigenvalue weighted by atomic mass is 9.76. The standard InChI is InChI=1S/C19H28O3/c1-8-12(11-16(20)21)13-9-14(18(2,3)4)17(22)15(10-13)19(5,6)7/h8-10,12,22H,1,11H2,2-7H3,(H,20,21). The quantitative estimate of drug-likeness (QED) is 0.790. The number of carboxylic acid groups (broad SMARTS) is 1. The Morgan fingerprint density at radius 2 is 1.55 bits per heavy atom. The van der Waals surface area contributed by atoms with Crippen molar-refractivity contribution in [1.29, 1.82) is 0 Å². The van der Waals surface area contributed by atoms with E-state index in [0.717, 1.165) is 16.7 Å². The van der Waals surface area contributed by atoms with E-state index in [2.05, 4.69) is 6.58 Å². The van der Waals surface area contributed by atoms with Crippen LogP contribution in [0.4, 0.5) is 0 Å². The molecule has 0 aliphatic rings. The molecule has 0 aliphatic carbocycles. The maximum atomic E-state index is 11.1. The molecule has 1 unspecified atom stereocenters. The van der Waals surface area contributed by atoms with E-state index in [9.17, 15) is 9.90 Å². The minimum absolute atomic E-state index is 0.00143. The van der Waals surface area contributed by atoms with Crippen molar-refractivity contribution in [2.24, 2.45) is 0 Å². The molecular formula is C19H28O3. The first-order chi connectivity index (χ1) is 9.87. The van der Waals surface area contributed by atoms with Crippen LogP contribution in [-0.4, -0.2) is 16.2 Å². The lowest BCUT2D eigenvalue weighted by molar-refractivity contribution is -0.137. The molecule has 0 saturated heterocycles. The van der Waals surface area contributed by atoms with E-state index in [1.807, 2.05) is 53.7 Å². The van der Waals surface area contributed by atoms with Crippen LogP contribution in [0.5, 0.6) is 5.75 Å². The summed E-state index contributed by atoms with van der Waals surface area (Å²) in [7, 11) is 0. The lowest BCUT2D eigenvalue weighted by Gasteiger charge is -2.29. The lowest BCUT2D eigenvalue weighted by Crippen LogP contribution is -2.18. The molecule has 1 atom stereocenters. The summed E-state index contributed by atoms with van der Waals surface area (Å²) < 4.78 is 0. The number of aliphatic carboxylic acids is 1. The summed E-state index contributed by atoms with van der Waals surface area (Å²) in [6.07, 6.45) is 1.67. The summed E-state index contributed by atoms with van der Waals surface area (Å²) in [5, 5.41) is 19.8. The third-order valence-corrected chi connectivity index (χ3v) is 3.86. The summed E-state index contributed by atoms with van der Waals surface area (Å²) in [5.41, 5.74) is 2.12. The molecule has 0 amide bonds. The van der Waals surface area contributed by atoms with Crippen molar-refractivity contribution in [3.8, 4) is 5.75 Å². The zero-order chi connectivity index (χ0) is 17.3. The Hall–Kier alpha value is -1.77. The van der Waals surface area contributed by atoms with Crippen molar-refractivity contribution in [3.05, 3.63) is 41.5 Å². The molecule has 0 aromatic heterocycles. The van der Waals surface area contributed by atoms with Gasteiger partial charge in [-0.05, 0) is 27.5 Å². The van der Waals surface area contributed by atoms with E-state index in [0.29, 0.717) is 5.75 Å². The molecule has 0 radical (unpaired) electrons. The summed E-state index contributed by atoms with van der Waals surface area (Å²) in [5.74, 6) is -0.810. The van der Waals surface area contributed by atoms with Crippen LogP contribution >= 0.6 is 0 Å². The minimum atomic E-state index is -0.854. The van der Waals surface area contributed by atoms with E-state index >= 15 is 0 Å². The number of carboxylic acids is 1. The third-order valence-electron chi connectivity index (χ3n) is 3.86. The molecule has 0 saturated carbocycles. The Labute approximate surface area is 133 Å². The van der Waals surface area contributed by atoms with Crippen LogP contribution in [0.1, 0.15) is 70.6 Å². The van der Waals surface area contributed by atoms with E-state index in [1.54, 1.807) is 6.08 Å². The number of benzene rings is 1. The molecule has 0 aliphatic heterocycles. The molecule has 1 aromatic rings. The molecule has 3 heteroatoms. The van der Waals surface area contributed by atoms with Gasteiger partial charge in [0.15, 0.2) is 0 Å². The van der Waals surface area contributed by atoms with Gasteiger partial charge in [0.2, 0.25) is 0 Å². The highest BCUT2D eigenvalue weighted by Crippen LogP contribution is 2.41. The number of rotatable bonds is 4. The number of phenolic OH excluding ortho intramolecular Hbond substituents is 1. The monoisotopic (exact) mass is 304 g/mol. The molecule has 0 fully saturated rings. The zero-order valence-electron chi connectivity index (χ0n) is 14.5. The van der Waals surface area contributed by atoms with Crippen LogP contribution in [0.3, 0.4) is 0 Å². The van der Waals surface area contributed by atoms with Gasteiger partial charge < -0.3 is 10.2 Å². The number of allylic oxidation sites excluding steroid dienone is 1. The van der Waals surface area contributed by atoms with E-state index < -0.39 is 5.97 Å². The third kappa shape index (κ3) is 4.12. The molecule has 2 N–H and O–H groups in total. The second-order valence-corrected chi connectivity index (χ2v) is 7.90. The second-order valence-electron chi connectivity index (χ2n) is 7.90. The fraction of sp³-hybridized carbons (Fsp3) is 0.526. The van der Waals surface area contributed by atoms with Crippen molar-refractivity contribution in [1.82, 2.24) is 0 Å². The topological polar surface area (TPSA) is 57.5 Å². The van der Waals surface area contributed by atoms with Crippen LogP contribution in [0.2, 0.25) is 0 Å². The number of hydrogen-bond acceptors (Lipinski definition) is 2. The average Bonchev–Trinajstić information content (AvgIpc) is 2.33. The fourth-order valence-corrected chi connectivity index (χ4v) is 2.54. The van der Waals surface area contributed by atoms with Crippen LogP contribution in [-0.2, 0) is 15.6 Å². The van der Waals surface area contributed by atoms with Gasteiger partial charge in [-0.3, -0.25) is 4.79 Å². The highest BCUT2D eigenvalue weighted by Gasteiger charge is 2.28. The number of phenols is 1. The zero-order valence-corrected chi connectivity index (χ0v) is 14.5. The predicted octanol–water partition coefficient (Wildman–Crippen LogP) is 4.73. The van der Waals surface area contributed by atoms with Gasteiger partial charge in [-0.15, -0.1) is 6.58 Å². The first-order valence-corrected chi connectivity index (χ1v) is 7.60. The Kier molecular flexibility index (Phi) is 5.11. The maximum Gasteiger partial charge on any atom is 0.304 e. The van der Waals surface area contributed by atoms with Crippen LogP contribution in [0.15, 0.2) is 24.8 Å². The van der Waals surface area contributed by atoms with E-state index in [-0.39, 0.29) is 23.2 Å². The van der Waals surface area contributed by atoms with Gasteiger partial charge in [0, 0.05) is 5.92 Å². The molecule has 0 spiro atoms. The van der Waals surface area contributed by atoms with E-state index in [4.69, 9.17) is 5.11 Å². The van der Waals surface area contributed by atoms with Crippen molar-refractivity contribution in [3.63, 3.8) is 0 Å². The molecule has 22 heavy (non-hydrogen) atoms. The Balaban J connectivity index is 3.60. The van der Waals surface area contributed by atoms with E-state index in [1.165, 1.54) is 0 Å². The highest BCUT2D eigenvalue weighted by molar-refractivity contribution is 5.68. The minimum Gasteiger partial charge on any atom is -0.507 e. The number of carbonyl (C=O) groups is 1. The largest absolute Gasteiger partial charge is 0.507 e. The SMILES string of the molecule is C=CC(CC(=O)O)c1cc(C(C)(C)C)c(O)c(C(C)(C)C)c1. The van der Waals surface area contributed by atoms with Gasteiger partial charge >= 0.3 is 5.97 Å². The van der Waals surface area contributed by atoms with Gasteiger partial charge in [0.05, 0.1) is 6.42 Å². The molecule has 0 heterocycles. The van der Waals surface area contributed by atoms with Crippen molar-refractivity contribution in [2.75, 3.05) is 0 Å². The smallest absolute Gasteiger partial charge is 0.304 e. The summed E-state index contributed by atoms with van der Waals surface area (Å²) in [4.78, 5) is 11.1. The predicted molar refractivity (Wildman–Crippen MR) is 90.7 cm³/mol. The average molecular weight is 304 g/mol. The van der Waals surface area contributed by atoms with Crippen LogP contribution in [0.25, 0.3) is 0 Å². The summed E-state index contributed by atoms with van der Waals surface area (Å²) in [6, 6.07) is 3.83. The Morgan fingerprint density at radius 3 is 1.82 bits per heavy atom. The molecule has 1 aromatic carbocycles. The Morgan fingerprint density at radius 1 is 1.14 bits per heavy atom. The molecule has 1 rings (SSSR count). The van der Waals surface area contributed by atoms with Gasteiger partial charge in [0.25, 0.3) is 0 Å². The highest BCUT2D eigenvalue weighted by atomic mass is 16.4. The van der Waals surface area contributed by atoms with Crippen molar-refractivity contribution >= 4 is 5.97 Å². The normalized spacial score (nSPS) is 13.7. The number of aromatic hydroxyl groups is 1. The molecule has 0 bridgehead atoms. The Bertz CT molecular complexity index is 536. The van der Waals surface area contributed by atoms with Gasteiger partial charge in [0.1, 0.15) is 5.75 Å². The second kappa shape index (κ2) is 6.15. The fourth-order valence-electron chi connectivity index (χ4n) is 2.54. The van der Waals surface area contributed by atoms with Crippen LogP contribution < -0.4 is 0 Å². The number of hydrogen-bond donors (Lipinski definition) is 2. The first-order valence-electron chi connectivity index (χ1n) is 7.60. The first kappa shape index (κ1) is 18.3. The maximum absolute atomic E-state index is 11.1. The van der Waals surface area contributed by atoms with Gasteiger partial charge in [-0.1, -0.05) is 59.8 Å². The van der Waals surface area contributed by atoms with Gasteiger partial charge in [-0.2, -0.15) is 0 Å². The van der Waals surface area contributed by atoms with Crippen molar-refractivity contribution < 1.29 is 15.0 Å². The van der Waals surface area contributed by atoms with Crippen molar-refractivity contribution in [2.45, 2.75) is 64.7 Å². The van der Waals surface area contributed by atoms with Crippen LogP contribution in [0, 0.1) is 0 Å². The van der Waals surface area contributed by atoms with Gasteiger partial charge in [-0.25, -0.2) is 0 Å².